The predicted octanol–water partition coefficient (Wildman–Crippen LogP) is 3.71. The highest BCUT2D eigenvalue weighted by atomic mass is 79.9. The molecule has 0 aliphatic rings. The molecule has 1 N–H and O–H groups in total. The molecule has 0 saturated carbocycles. The van der Waals surface area contributed by atoms with E-state index in [1.807, 2.05) is 26.0 Å². The summed E-state index contributed by atoms with van der Waals surface area (Å²) in [5, 5.41) is 14.6. The predicted molar refractivity (Wildman–Crippen MR) is 105 cm³/mol. The van der Waals surface area contributed by atoms with Crippen molar-refractivity contribution in [1.82, 2.24) is 9.66 Å². The number of hydrogen-bond donors (Lipinski definition) is 1. The molecule has 0 spiro atoms. The Balaban J connectivity index is 2.08. The van der Waals surface area contributed by atoms with Crippen LogP contribution in [0.25, 0.3) is 10.9 Å². The fraction of sp³-hybridized carbons (Fsp3) is 0.211. The van der Waals surface area contributed by atoms with Gasteiger partial charge in [-0.3, -0.25) is 4.79 Å². The monoisotopic (exact) mass is 415 g/mol. The molecular formula is C19H18BrN3O3. The van der Waals surface area contributed by atoms with Gasteiger partial charge in [0.15, 0.2) is 11.5 Å². The first-order valence-corrected chi connectivity index (χ1v) is 9.04. The highest BCUT2D eigenvalue weighted by Crippen LogP contribution is 2.26. The molecule has 0 saturated heterocycles. The first-order chi connectivity index (χ1) is 12.5. The van der Waals surface area contributed by atoms with Crippen molar-refractivity contribution >= 4 is 33.0 Å². The number of benzene rings is 2. The normalized spacial score (nSPS) is 11.3. The summed E-state index contributed by atoms with van der Waals surface area (Å²) in [6.45, 7) is 4.20. The van der Waals surface area contributed by atoms with E-state index in [4.69, 9.17) is 4.74 Å². The number of phenols is 1. The fourth-order valence-electron chi connectivity index (χ4n) is 2.55. The second-order valence-electron chi connectivity index (χ2n) is 5.56. The number of ether oxygens (including phenoxy) is 1. The Morgan fingerprint density at radius 2 is 2.08 bits per heavy atom. The Hall–Kier alpha value is -2.67. The van der Waals surface area contributed by atoms with E-state index in [9.17, 15) is 9.90 Å². The Kier molecular flexibility index (Phi) is 5.37. The summed E-state index contributed by atoms with van der Waals surface area (Å²) < 4.78 is 7.49. The fourth-order valence-corrected chi connectivity index (χ4v) is 2.91. The van der Waals surface area contributed by atoms with Crippen molar-refractivity contribution in [3.8, 4) is 11.5 Å². The summed E-state index contributed by atoms with van der Waals surface area (Å²) >= 11 is 3.38. The molecule has 2 aromatic carbocycles. The maximum Gasteiger partial charge on any atom is 0.282 e. The third-order valence-electron chi connectivity index (χ3n) is 3.80. The Bertz CT molecular complexity index is 1040. The molecule has 0 aliphatic heterocycles. The second-order valence-corrected chi connectivity index (χ2v) is 6.48. The molecule has 1 heterocycles. The van der Waals surface area contributed by atoms with Crippen LogP contribution in [0, 0.1) is 0 Å². The lowest BCUT2D eigenvalue weighted by atomic mass is 10.2. The van der Waals surface area contributed by atoms with Crippen LogP contribution in [0.2, 0.25) is 0 Å². The van der Waals surface area contributed by atoms with Gasteiger partial charge in [-0.1, -0.05) is 22.9 Å². The quantitative estimate of drug-likeness (QED) is 0.644. The molecule has 26 heavy (non-hydrogen) atoms. The van der Waals surface area contributed by atoms with Crippen LogP contribution in [-0.2, 0) is 6.42 Å². The van der Waals surface area contributed by atoms with Crippen LogP contribution in [0.1, 0.15) is 25.2 Å². The summed E-state index contributed by atoms with van der Waals surface area (Å²) in [5.41, 5.74) is 1.12. The molecule has 0 aliphatic carbocycles. The van der Waals surface area contributed by atoms with E-state index in [0.29, 0.717) is 41.1 Å². The van der Waals surface area contributed by atoms with Crippen LogP contribution < -0.4 is 10.3 Å². The molecule has 7 heteroatoms. The van der Waals surface area contributed by atoms with Crippen molar-refractivity contribution in [1.29, 1.82) is 0 Å². The molecule has 0 unspecified atom stereocenters. The number of aromatic nitrogens is 2. The van der Waals surface area contributed by atoms with E-state index >= 15 is 0 Å². The summed E-state index contributed by atoms with van der Waals surface area (Å²) in [5.74, 6) is 1.01. The molecule has 1 aromatic heterocycles. The van der Waals surface area contributed by atoms with Gasteiger partial charge in [0, 0.05) is 10.9 Å². The number of aromatic hydroxyl groups is 1. The number of phenolic OH excluding ortho intramolecular Hbond substituents is 1. The molecule has 3 aromatic rings. The summed E-state index contributed by atoms with van der Waals surface area (Å²) in [7, 11) is 0. The maximum absolute atomic E-state index is 12.8. The number of fused-ring (bicyclic) bond motifs is 1. The number of hydrogen-bond acceptors (Lipinski definition) is 5. The summed E-state index contributed by atoms with van der Waals surface area (Å²) in [6.07, 6.45) is 2.12. The van der Waals surface area contributed by atoms with Crippen LogP contribution in [-0.4, -0.2) is 27.6 Å². The molecule has 0 fully saturated rings. The zero-order chi connectivity index (χ0) is 18.7. The Morgan fingerprint density at radius 1 is 1.27 bits per heavy atom. The lowest BCUT2D eigenvalue weighted by molar-refractivity contribution is 0.318. The molecular weight excluding hydrogens is 398 g/mol. The molecule has 0 atom stereocenters. The second kappa shape index (κ2) is 7.70. The van der Waals surface area contributed by atoms with E-state index in [0.717, 1.165) is 4.47 Å². The van der Waals surface area contributed by atoms with Crippen molar-refractivity contribution in [2.24, 2.45) is 5.10 Å². The smallest absolute Gasteiger partial charge is 0.282 e. The molecule has 0 radical (unpaired) electrons. The lowest BCUT2D eigenvalue weighted by Crippen LogP contribution is -2.22. The maximum atomic E-state index is 12.8. The van der Waals surface area contributed by atoms with Gasteiger partial charge < -0.3 is 9.84 Å². The van der Waals surface area contributed by atoms with Gasteiger partial charge in [0.1, 0.15) is 5.82 Å². The molecule has 134 valence electrons. The minimum absolute atomic E-state index is 0.0626. The average Bonchev–Trinajstić information content (AvgIpc) is 2.64. The lowest BCUT2D eigenvalue weighted by Gasteiger charge is -2.08. The van der Waals surface area contributed by atoms with Crippen LogP contribution in [0.4, 0.5) is 0 Å². The van der Waals surface area contributed by atoms with Crippen molar-refractivity contribution in [3.63, 3.8) is 0 Å². The third-order valence-corrected chi connectivity index (χ3v) is 4.29. The van der Waals surface area contributed by atoms with Gasteiger partial charge in [0.05, 0.1) is 23.7 Å². The minimum Gasteiger partial charge on any atom is -0.504 e. The third kappa shape index (κ3) is 3.62. The van der Waals surface area contributed by atoms with Crippen molar-refractivity contribution in [2.75, 3.05) is 6.61 Å². The van der Waals surface area contributed by atoms with Crippen LogP contribution in [0.15, 0.2) is 50.8 Å². The number of nitrogens with zero attached hydrogens (tertiary/aromatic N) is 3. The van der Waals surface area contributed by atoms with Gasteiger partial charge in [0.2, 0.25) is 0 Å². The molecule has 0 bridgehead atoms. The number of halogens is 1. The standard InChI is InChI=1S/C19H18BrN3O3/c1-3-18-22-15-7-6-13(20)10-14(15)19(25)23(18)21-11-12-5-8-16(24)17(9-12)26-4-2/h5-11,24H,3-4H2,1-2H3. The van der Waals surface area contributed by atoms with Gasteiger partial charge in [0.25, 0.3) is 5.56 Å². The molecule has 0 amide bonds. The SMILES string of the molecule is CCOc1cc(C=Nn2c(CC)nc3ccc(Br)cc3c2=O)ccc1O. The minimum atomic E-state index is -0.229. The van der Waals surface area contributed by atoms with Crippen molar-refractivity contribution in [3.05, 3.63) is 62.6 Å². The summed E-state index contributed by atoms with van der Waals surface area (Å²) in [6, 6.07) is 10.3. The highest BCUT2D eigenvalue weighted by molar-refractivity contribution is 9.10. The van der Waals surface area contributed by atoms with Gasteiger partial charge in [-0.15, -0.1) is 0 Å². The van der Waals surface area contributed by atoms with Gasteiger partial charge in [-0.25, -0.2) is 4.98 Å². The van der Waals surface area contributed by atoms with E-state index in [1.54, 1.807) is 24.4 Å². The zero-order valence-electron chi connectivity index (χ0n) is 14.4. The summed E-state index contributed by atoms with van der Waals surface area (Å²) in [4.78, 5) is 17.4. The van der Waals surface area contributed by atoms with Crippen LogP contribution in [0.5, 0.6) is 11.5 Å². The first kappa shape index (κ1) is 18.1. The van der Waals surface area contributed by atoms with Gasteiger partial charge in [-0.2, -0.15) is 9.78 Å². The first-order valence-electron chi connectivity index (χ1n) is 8.24. The average molecular weight is 416 g/mol. The Morgan fingerprint density at radius 3 is 2.81 bits per heavy atom. The molecule has 3 rings (SSSR count). The number of aryl methyl sites for hydroxylation is 1. The van der Waals surface area contributed by atoms with E-state index in [1.165, 1.54) is 10.7 Å². The molecule has 6 nitrogen and oxygen atoms in total. The van der Waals surface area contributed by atoms with E-state index < -0.39 is 0 Å². The van der Waals surface area contributed by atoms with Gasteiger partial charge >= 0.3 is 0 Å². The topological polar surface area (TPSA) is 76.7 Å². The van der Waals surface area contributed by atoms with E-state index in [2.05, 4.69) is 26.0 Å². The Labute approximate surface area is 158 Å². The van der Waals surface area contributed by atoms with Crippen LogP contribution in [0.3, 0.4) is 0 Å². The zero-order valence-corrected chi connectivity index (χ0v) is 16.0. The van der Waals surface area contributed by atoms with Crippen molar-refractivity contribution in [2.45, 2.75) is 20.3 Å². The largest absolute Gasteiger partial charge is 0.504 e. The number of rotatable bonds is 5. The highest BCUT2D eigenvalue weighted by Gasteiger charge is 2.10. The van der Waals surface area contributed by atoms with Crippen molar-refractivity contribution < 1.29 is 9.84 Å². The van der Waals surface area contributed by atoms with E-state index in [-0.39, 0.29) is 11.3 Å². The van der Waals surface area contributed by atoms with Gasteiger partial charge in [-0.05, 0) is 48.9 Å². The van der Waals surface area contributed by atoms with Crippen LogP contribution >= 0.6 is 15.9 Å².